The van der Waals surface area contributed by atoms with E-state index in [1.165, 1.54) is 0 Å². The molecule has 3 unspecified atom stereocenters. The number of benzene rings is 1. The molecule has 0 aliphatic carbocycles. The fourth-order valence-corrected chi connectivity index (χ4v) is 5.01. The van der Waals surface area contributed by atoms with Crippen LogP contribution in [0.3, 0.4) is 0 Å². The predicted molar refractivity (Wildman–Crippen MR) is 205 cm³/mol. The van der Waals surface area contributed by atoms with Crippen LogP contribution in [0, 0.1) is 0 Å². The fourth-order valence-electron chi connectivity index (χ4n) is 5.01. The number of aliphatic hydroxyl groups excluding tert-OH is 4. The van der Waals surface area contributed by atoms with E-state index in [0.717, 1.165) is 12.5 Å². The summed E-state index contributed by atoms with van der Waals surface area (Å²) in [4.78, 5) is 112. The van der Waals surface area contributed by atoms with Crippen molar-refractivity contribution < 1.29 is 68.7 Å². The van der Waals surface area contributed by atoms with Gasteiger partial charge in [0.15, 0.2) is 0 Å². The van der Waals surface area contributed by atoms with Crippen LogP contribution in [0.5, 0.6) is 0 Å². The van der Waals surface area contributed by atoms with Gasteiger partial charge in [-0.15, -0.1) is 0 Å². The van der Waals surface area contributed by atoms with E-state index in [1.54, 1.807) is 30.3 Å². The van der Waals surface area contributed by atoms with Crippen molar-refractivity contribution in [1.82, 2.24) is 37.2 Å². The van der Waals surface area contributed by atoms with E-state index >= 15 is 0 Å². The lowest BCUT2D eigenvalue weighted by Crippen LogP contribution is -2.61. The van der Waals surface area contributed by atoms with Crippen LogP contribution < -0.4 is 54.4 Å². The van der Waals surface area contributed by atoms with E-state index in [-0.39, 0.29) is 25.9 Å². The van der Waals surface area contributed by atoms with Crippen molar-refractivity contribution in [2.24, 2.45) is 17.2 Å². The van der Waals surface area contributed by atoms with Gasteiger partial charge in [0.25, 0.3) is 0 Å². The van der Waals surface area contributed by atoms with E-state index < -0.39 is 134 Å². The van der Waals surface area contributed by atoms with Crippen LogP contribution in [-0.4, -0.2) is 160 Å². The molecule has 59 heavy (non-hydrogen) atoms. The molecule has 1 aromatic rings. The Bertz CT molecular complexity index is 1580. The predicted octanol–water partition coefficient (Wildman–Crippen LogP) is -7.58. The smallest absolute Gasteiger partial charge is 0.326 e. The molecule has 8 atom stereocenters. The quantitative estimate of drug-likeness (QED) is 0.0349. The molecule has 0 aliphatic heterocycles. The number of aliphatic carboxylic acids is 1. The summed E-state index contributed by atoms with van der Waals surface area (Å²) in [6.07, 6.45) is -2.27. The molecule has 1 aromatic carbocycles. The zero-order valence-corrected chi connectivity index (χ0v) is 32.4. The standard InChI is InChI=1S/C35H56N10O14/c1-18(49)28(45-32(55)24(14-26(38)50)43-30(53)21(37)16-47)34(57)44-25(17-48)33(56)41-22(35(58)59)9-10-27(51)39-11-5-6-12-40-31(54)23(42-29(52)20(36)15-46)13-19-7-3-2-4-8-19/h2-4,7-8,18,20-25,28,46-49H,5-6,9-17,36-37H2,1H3,(H2,38,50)(H,39,51)(H,40,54)(H,41,56)(H,42,52)(H,43,53)(H,44,57)(H,45,55)(H,58,59)/t18-,20?,21+,22?,23?,24+,25+,28+/m1/s1. The Morgan fingerprint density at radius 1 is 0.627 bits per heavy atom. The molecule has 8 amide bonds. The Hall–Kier alpha value is -5.79. The van der Waals surface area contributed by atoms with Gasteiger partial charge in [0.2, 0.25) is 47.3 Å². The van der Waals surface area contributed by atoms with Gasteiger partial charge < -0.3 is 80.0 Å². The van der Waals surface area contributed by atoms with Crippen LogP contribution in [0.25, 0.3) is 0 Å². The van der Waals surface area contributed by atoms with Gasteiger partial charge >= 0.3 is 5.97 Å². The number of carboxylic acid groups (broad SMARTS) is 1. The first-order valence-electron chi connectivity index (χ1n) is 18.5. The number of nitrogens with one attached hydrogen (secondary N) is 7. The van der Waals surface area contributed by atoms with Gasteiger partial charge in [0.05, 0.1) is 32.3 Å². The van der Waals surface area contributed by atoms with E-state index in [0.29, 0.717) is 12.8 Å². The molecule has 0 heterocycles. The highest BCUT2D eigenvalue weighted by atomic mass is 16.4. The molecule has 24 heteroatoms. The lowest BCUT2D eigenvalue weighted by atomic mass is 10.0. The van der Waals surface area contributed by atoms with Gasteiger partial charge in [-0.05, 0) is 31.7 Å². The minimum atomic E-state index is -1.85. The molecule has 0 aliphatic rings. The number of rotatable bonds is 28. The van der Waals surface area contributed by atoms with Gasteiger partial charge in [0.1, 0.15) is 42.3 Å². The number of hydrogen-bond acceptors (Lipinski definition) is 15. The Balaban J connectivity index is 2.68. The fraction of sp³-hybridized carbons (Fsp3) is 0.571. The first-order chi connectivity index (χ1) is 27.8. The Morgan fingerprint density at radius 2 is 1.14 bits per heavy atom. The summed E-state index contributed by atoms with van der Waals surface area (Å²) in [7, 11) is 0. The summed E-state index contributed by atoms with van der Waals surface area (Å²) in [6.45, 7) is -1.12. The summed E-state index contributed by atoms with van der Waals surface area (Å²) in [5.74, 6) is -9.07. The number of amides is 8. The average Bonchev–Trinajstić information content (AvgIpc) is 3.19. The minimum Gasteiger partial charge on any atom is -0.480 e. The minimum absolute atomic E-state index is 0.139. The largest absolute Gasteiger partial charge is 0.480 e. The molecule has 0 fully saturated rings. The summed E-state index contributed by atoms with van der Waals surface area (Å²) < 4.78 is 0. The van der Waals surface area contributed by atoms with Crippen molar-refractivity contribution in [3.05, 3.63) is 35.9 Å². The number of carboxylic acids is 1. The summed E-state index contributed by atoms with van der Waals surface area (Å²) in [6, 6.07) is -1.80. The number of primary amides is 1. The van der Waals surface area contributed by atoms with Gasteiger partial charge in [-0.1, -0.05) is 30.3 Å². The summed E-state index contributed by atoms with van der Waals surface area (Å²) in [5.41, 5.74) is 16.9. The molecule has 0 aromatic heterocycles. The SMILES string of the molecule is C[C@@H](O)[C@H](NC(=O)[C@H](CC(N)=O)NC(=O)[C@@H](N)CO)C(=O)N[C@@H](CO)C(=O)NC(CCC(=O)NCCCCNC(=O)C(Cc1ccccc1)NC(=O)C(N)CO)C(=O)O. The van der Waals surface area contributed by atoms with E-state index in [9.17, 15) is 63.6 Å². The molecular formula is C35H56N10O14. The second-order valence-corrected chi connectivity index (χ2v) is 13.3. The first kappa shape index (κ1) is 51.2. The second kappa shape index (κ2) is 27.0. The zero-order valence-electron chi connectivity index (χ0n) is 32.4. The van der Waals surface area contributed by atoms with E-state index in [1.807, 2.05) is 0 Å². The highest BCUT2D eigenvalue weighted by Gasteiger charge is 2.34. The number of hydrogen-bond donors (Lipinski definition) is 15. The average molecular weight is 841 g/mol. The molecule has 0 bridgehead atoms. The number of unbranched alkanes of at least 4 members (excludes halogenated alkanes) is 1. The molecule has 18 N–H and O–H groups in total. The van der Waals surface area contributed by atoms with Crippen LogP contribution in [0.15, 0.2) is 30.3 Å². The van der Waals surface area contributed by atoms with Crippen LogP contribution in [-0.2, 0) is 49.6 Å². The summed E-state index contributed by atoms with van der Waals surface area (Å²) >= 11 is 0. The maximum Gasteiger partial charge on any atom is 0.326 e. The first-order valence-corrected chi connectivity index (χ1v) is 18.5. The third-order valence-electron chi connectivity index (χ3n) is 8.40. The van der Waals surface area contributed by atoms with Crippen molar-refractivity contribution in [3.8, 4) is 0 Å². The molecular weight excluding hydrogens is 784 g/mol. The maximum absolute atomic E-state index is 13.0. The number of aliphatic hydroxyl groups is 4. The van der Waals surface area contributed by atoms with Crippen molar-refractivity contribution in [2.75, 3.05) is 32.9 Å². The molecule has 0 radical (unpaired) electrons. The molecule has 0 spiro atoms. The number of carbonyl (C=O) groups is 9. The van der Waals surface area contributed by atoms with Crippen molar-refractivity contribution in [2.45, 2.75) is 93.8 Å². The summed E-state index contributed by atoms with van der Waals surface area (Å²) in [5, 5.41) is 64.0. The zero-order chi connectivity index (χ0) is 44.7. The third-order valence-corrected chi connectivity index (χ3v) is 8.40. The van der Waals surface area contributed by atoms with E-state index in [2.05, 4.69) is 37.2 Å². The van der Waals surface area contributed by atoms with Crippen molar-refractivity contribution in [3.63, 3.8) is 0 Å². The Kier molecular flexibility index (Phi) is 23.4. The number of nitrogens with two attached hydrogens (primary N) is 3. The molecule has 24 nitrogen and oxygen atoms in total. The van der Waals surface area contributed by atoms with Crippen molar-refractivity contribution in [1.29, 1.82) is 0 Å². The molecule has 1 rings (SSSR count). The van der Waals surface area contributed by atoms with Gasteiger partial charge in [-0.2, -0.15) is 0 Å². The highest BCUT2D eigenvalue weighted by molar-refractivity contribution is 5.97. The number of carbonyl (C=O) groups excluding carboxylic acids is 8. The van der Waals surface area contributed by atoms with Crippen LogP contribution >= 0.6 is 0 Å². The Morgan fingerprint density at radius 3 is 1.64 bits per heavy atom. The third kappa shape index (κ3) is 19.5. The monoisotopic (exact) mass is 840 g/mol. The van der Waals surface area contributed by atoms with Crippen molar-refractivity contribution >= 4 is 53.2 Å². The van der Waals surface area contributed by atoms with Gasteiger partial charge in [-0.25, -0.2) is 4.79 Å². The molecule has 0 saturated carbocycles. The molecule has 0 saturated heterocycles. The van der Waals surface area contributed by atoms with Crippen LogP contribution in [0.4, 0.5) is 0 Å². The van der Waals surface area contributed by atoms with Crippen LogP contribution in [0.2, 0.25) is 0 Å². The molecule has 330 valence electrons. The lowest BCUT2D eigenvalue weighted by molar-refractivity contribution is -0.143. The maximum atomic E-state index is 13.0. The highest BCUT2D eigenvalue weighted by Crippen LogP contribution is 2.05. The van der Waals surface area contributed by atoms with Gasteiger partial charge in [0, 0.05) is 25.9 Å². The normalized spacial score (nSPS) is 15.0. The van der Waals surface area contributed by atoms with Gasteiger partial charge in [-0.3, -0.25) is 38.4 Å². The Labute approximate surface area is 338 Å². The lowest BCUT2D eigenvalue weighted by Gasteiger charge is -2.26. The second-order valence-electron chi connectivity index (χ2n) is 13.3. The van der Waals surface area contributed by atoms with E-state index in [4.69, 9.17) is 22.3 Å². The topological polar surface area (TPSA) is 417 Å². The van der Waals surface area contributed by atoms with Crippen LogP contribution in [0.1, 0.15) is 44.6 Å².